The van der Waals surface area contributed by atoms with Gasteiger partial charge in [0.2, 0.25) is 0 Å². The first-order valence-corrected chi connectivity index (χ1v) is 12.7. The maximum atomic E-state index is 13.9. The number of rotatable bonds is 5. The van der Waals surface area contributed by atoms with Crippen molar-refractivity contribution in [3.63, 3.8) is 0 Å². The van der Waals surface area contributed by atoms with Crippen molar-refractivity contribution in [2.75, 3.05) is 13.1 Å². The zero-order chi connectivity index (χ0) is 26.3. The lowest BCUT2D eigenvalue weighted by Crippen LogP contribution is -2.41. The van der Waals surface area contributed by atoms with Gasteiger partial charge in [-0.05, 0) is 42.7 Å². The van der Waals surface area contributed by atoms with Gasteiger partial charge in [-0.15, -0.1) is 0 Å². The highest BCUT2D eigenvalue weighted by Crippen LogP contribution is 2.26. The number of carbonyl (C=O) groups excluding carboxylic acids is 2. The highest BCUT2D eigenvalue weighted by atomic mass is 35.5. The van der Waals surface area contributed by atoms with Gasteiger partial charge >= 0.3 is 0 Å². The van der Waals surface area contributed by atoms with Gasteiger partial charge in [0.1, 0.15) is 5.56 Å². The van der Waals surface area contributed by atoms with Gasteiger partial charge in [-0.2, -0.15) is 5.10 Å². The number of carbonyl (C=O) groups is 2. The molecular weight excluding hydrogens is 513 g/mol. The molecule has 0 unspecified atom stereocenters. The summed E-state index contributed by atoms with van der Waals surface area (Å²) in [6.07, 6.45) is 1.82. The molecule has 2 aromatic carbocycles. The Morgan fingerprint density at radius 3 is 2.54 bits per heavy atom. The SMILES string of the molecule is CC(C)CNC(=O)c1cnn2c3c(c(=O)n(-c4ccccc4)c12)CCN(C(=O)c1ccc(Cl)c(Cl)c1)C3. The van der Waals surface area contributed by atoms with Crippen molar-refractivity contribution in [3.8, 4) is 5.69 Å². The minimum absolute atomic E-state index is 0.157. The molecule has 1 aliphatic rings. The lowest BCUT2D eigenvalue weighted by atomic mass is 10.0. The molecule has 0 saturated heterocycles. The number of fused-ring (bicyclic) bond motifs is 3. The lowest BCUT2D eigenvalue weighted by molar-refractivity contribution is 0.0729. The summed E-state index contributed by atoms with van der Waals surface area (Å²) in [5, 5.41) is 8.10. The van der Waals surface area contributed by atoms with Gasteiger partial charge in [-0.25, -0.2) is 4.52 Å². The Balaban J connectivity index is 1.63. The van der Waals surface area contributed by atoms with Gasteiger partial charge < -0.3 is 10.2 Å². The van der Waals surface area contributed by atoms with Crippen LogP contribution in [-0.4, -0.2) is 44.0 Å². The molecule has 2 aromatic heterocycles. The predicted octanol–water partition coefficient (Wildman–Crippen LogP) is 4.38. The molecule has 4 aromatic rings. The van der Waals surface area contributed by atoms with Crippen molar-refractivity contribution in [1.82, 2.24) is 24.4 Å². The van der Waals surface area contributed by atoms with Crippen LogP contribution in [-0.2, 0) is 13.0 Å². The summed E-state index contributed by atoms with van der Waals surface area (Å²) >= 11 is 12.1. The van der Waals surface area contributed by atoms with Crippen LogP contribution in [0.15, 0.2) is 59.5 Å². The quantitative estimate of drug-likeness (QED) is 0.409. The fraction of sp³-hybridized carbons (Fsp3) is 0.259. The van der Waals surface area contributed by atoms with Crippen molar-refractivity contribution in [2.24, 2.45) is 5.92 Å². The molecule has 0 atom stereocenters. The molecule has 1 aliphatic heterocycles. The second-order valence-corrected chi connectivity index (χ2v) is 10.2. The molecule has 3 heterocycles. The minimum atomic E-state index is -0.313. The number of halogens is 2. The number of nitrogens with one attached hydrogen (secondary N) is 1. The molecule has 0 spiro atoms. The molecule has 190 valence electrons. The van der Waals surface area contributed by atoms with Crippen LogP contribution in [0.25, 0.3) is 11.3 Å². The lowest BCUT2D eigenvalue weighted by Gasteiger charge is -2.29. The van der Waals surface area contributed by atoms with E-state index in [4.69, 9.17) is 23.2 Å². The third kappa shape index (κ3) is 4.63. The van der Waals surface area contributed by atoms with Crippen LogP contribution >= 0.6 is 23.2 Å². The van der Waals surface area contributed by atoms with Crippen LogP contribution in [0.4, 0.5) is 0 Å². The molecule has 37 heavy (non-hydrogen) atoms. The number of benzene rings is 2. The Morgan fingerprint density at radius 1 is 1.08 bits per heavy atom. The monoisotopic (exact) mass is 537 g/mol. The molecule has 10 heteroatoms. The standard InChI is InChI=1S/C27H25Cl2N5O3/c1-16(2)13-30-24(35)20-14-31-34-23-15-32(26(36)17-8-9-21(28)22(29)12-17)11-10-19(23)27(37)33(25(20)34)18-6-4-3-5-7-18/h3-9,12,14,16H,10-11,13,15H2,1-2H3,(H,30,35). The van der Waals surface area contributed by atoms with Crippen LogP contribution in [0.5, 0.6) is 0 Å². The summed E-state index contributed by atoms with van der Waals surface area (Å²) in [4.78, 5) is 41.9. The fourth-order valence-electron chi connectivity index (χ4n) is 4.51. The molecule has 0 fully saturated rings. The Kier molecular flexibility index (Phi) is 6.79. The van der Waals surface area contributed by atoms with E-state index in [2.05, 4.69) is 10.4 Å². The zero-order valence-corrected chi connectivity index (χ0v) is 21.9. The number of hydrogen-bond donors (Lipinski definition) is 1. The molecule has 5 rings (SSSR count). The van der Waals surface area contributed by atoms with Crippen LogP contribution in [0.1, 0.15) is 45.8 Å². The van der Waals surface area contributed by atoms with Crippen LogP contribution in [0.3, 0.4) is 0 Å². The second-order valence-electron chi connectivity index (χ2n) is 9.40. The first-order chi connectivity index (χ1) is 17.8. The van der Waals surface area contributed by atoms with E-state index in [1.54, 1.807) is 21.5 Å². The van der Waals surface area contributed by atoms with Gasteiger partial charge in [-0.3, -0.25) is 19.0 Å². The smallest absolute Gasteiger partial charge is 0.261 e. The predicted molar refractivity (Wildman–Crippen MR) is 143 cm³/mol. The number of aromatic nitrogens is 3. The average molecular weight is 538 g/mol. The summed E-state index contributed by atoms with van der Waals surface area (Å²) < 4.78 is 3.15. The molecule has 0 saturated carbocycles. The van der Waals surface area contributed by atoms with Crippen molar-refractivity contribution in [3.05, 3.63) is 97.5 Å². The number of hydrogen-bond acceptors (Lipinski definition) is 4. The van der Waals surface area contributed by atoms with Crippen molar-refractivity contribution < 1.29 is 9.59 Å². The van der Waals surface area contributed by atoms with Crippen LogP contribution in [0.2, 0.25) is 10.0 Å². The molecule has 1 N–H and O–H groups in total. The summed E-state index contributed by atoms with van der Waals surface area (Å²) in [5.41, 5.74) is 2.60. The van der Waals surface area contributed by atoms with Gasteiger partial charge in [0.05, 0.1) is 34.2 Å². The number of nitrogens with zero attached hydrogens (tertiary/aromatic N) is 4. The topological polar surface area (TPSA) is 88.7 Å². The van der Waals surface area contributed by atoms with Gasteiger partial charge in [0, 0.05) is 24.2 Å². The fourth-order valence-corrected chi connectivity index (χ4v) is 4.81. The van der Waals surface area contributed by atoms with Crippen molar-refractivity contribution >= 4 is 40.7 Å². The van der Waals surface area contributed by atoms with E-state index in [0.29, 0.717) is 57.7 Å². The van der Waals surface area contributed by atoms with E-state index >= 15 is 0 Å². The molecule has 2 amide bonds. The third-order valence-corrected chi connectivity index (χ3v) is 7.12. The number of amides is 2. The summed E-state index contributed by atoms with van der Waals surface area (Å²) in [7, 11) is 0. The molecule has 8 nitrogen and oxygen atoms in total. The van der Waals surface area contributed by atoms with Crippen molar-refractivity contribution in [2.45, 2.75) is 26.8 Å². The Bertz CT molecular complexity index is 1580. The molecule has 0 radical (unpaired) electrons. The highest BCUT2D eigenvalue weighted by molar-refractivity contribution is 6.42. The van der Waals surface area contributed by atoms with Gasteiger partial charge in [0.15, 0.2) is 5.65 Å². The zero-order valence-electron chi connectivity index (χ0n) is 20.4. The van der Waals surface area contributed by atoms with Gasteiger partial charge in [-0.1, -0.05) is 55.2 Å². The van der Waals surface area contributed by atoms with E-state index in [-0.39, 0.29) is 35.4 Å². The maximum absolute atomic E-state index is 13.9. The Morgan fingerprint density at radius 2 is 1.84 bits per heavy atom. The van der Waals surface area contributed by atoms with E-state index in [1.807, 2.05) is 44.2 Å². The first kappa shape index (κ1) is 25.0. The molecular formula is C27H25Cl2N5O3. The summed E-state index contributed by atoms with van der Waals surface area (Å²) in [6, 6.07) is 13.9. The van der Waals surface area contributed by atoms with Gasteiger partial charge in [0.25, 0.3) is 17.4 Å². The van der Waals surface area contributed by atoms with E-state index < -0.39 is 0 Å². The van der Waals surface area contributed by atoms with Crippen molar-refractivity contribution in [1.29, 1.82) is 0 Å². The largest absolute Gasteiger partial charge is 0.352 e. The second kappa shape index (κ2) is 10.0. The third-order valence-electron chi connectivity index (χ3n) is 6.38. The normalized spacial score (nSPS) is 13.2. The molecule has 0 bridgehead atoms. The number of para-hydroxylation sites is 1. The molecule has 0 aliphatic carbocycles. The van der Waals surface area contributed by atoms with E-state index in [0.717, 1.165) is 0 Å². The minimum Gasteiger partial charge on any atom is -0.352 e. The summed E-state index contributed by atoms with van der Waals surface area (Å²) in [5.74, 6) is -0.283. The Labute approximate surface area is 223 Å². The summed E-state index contributed by atoms with van der Waals surface area (Å²) in [6.45, 7) is 5.01. The van der Waals surface area contributed by atoms with Crippen LogP contribution in [0, 0.1) is 5.92 Å². The average Bonchev–Trinajstić information content (AvgIpc) is 3.34. The maximum Gasteiger partial charge on any atom is 0.261 e. The van der Waals surface area contributed by atoms with E-state index in [1.165, 1.54) is 16.8 Å². The first-order valence-electron chi connectivity index (χ1n) is 12.0. The Hall–Kier alpha value is -3.62. The van der Waals surface area contributed by atoms with E-state index in [9.17, 15) is 14.4 Å². The highest BCUT2D eigenvalue weighted by Gasteiger charge is 2.30. The van der Waals surface area contributed by atoms with Crippen LogP contribution < -0.4 is 10.9 Å².